The molecule has 4 aliphatic carbocycles. The predicted octanol–water partition coefficient (Wildman–Crippen LogP) is 5.45. The first-order valence-electron chi connectivity index (χ1n) is 13.6. The number of hydrogen-bond acceptors (Lipinski definition) is 5. The lowest BCUT2D eigenvalue weighted by Crippen LogP contribution is -2.58. The molecule has 196 valence electrons. The molecular weight excluding hydrogens is 452 g/mol. The molecule has 7 heteroatoms. The van der Waals surface area contributed by atoms with Gasteiger partial charge < -0.3 is 5.11 Å². The number of hydrogen-bond donors (Lipinski definition) is 2. The Balaban J connectivity index is 1.47. The molecule has 34 heavy (non-hydrogen) atoms. The second-order valence-electron chi connectivity index (χ2n) is 13.1. The third-order valence-electron chi connectivity index (χ3n) is 11.2. The number of Topliss-reactive ketones (excluding diaryl/α,β-unsaturated/α-hetero) is 1. The Morgan fingerprint density at radius 2 is 1.71 bits per heavy atom. The standard InChI is InChI=1S/C27H46O6S/c1-16(2)24(33-34(30,31)32)9-6-17(3)20-7-8-21-25-22(11-13-27(20,21)5)26(4)12-10-19(28)14-18(26)15-23(25)29/h16-18,20-25,29H,6-15H2,1-5H3,(H,30,31,32)/t17-,18-,20?,21?,22?,23?,24-,25?,26+,27-/m1/s1. The summed E-state index contributed by atoms with van der Waals surface area (Å²) < 4.78 is 36.7. The molecule has 6 nitrogen and oxygen atoms in total. The van der Waals surface area contributed by atoms with Gasteiger partial charge in [0.25, 0.3) is 0 Å². The Morgan fingerprint density at radius 1 is 1.03 bits per heavy atom. The van der Waals surface area contributed by atoms with Crippen molar-refractivity contribution >= 4 is 16.2 Å². The first-order chi connectivity index (χ1) is 15.8. The summed E-state index contributed by atoms with van der Waals surface area (Å²) >= 11 is 0. The van der Waals surface area contributed by atoms with E-state index in [0.717, 1.165) is 38.5 Å². The van der Waals surface area contributed by atoms with Crippen molar-refractivity contribution in [2.75, 3.05) is 0 Å². The van der Waals surface area contributed by atoms with E-state index in [4.69, 9.17) is 8.74 Å². The van der Waals surface area contributed by atoms with E-state index in [1.54, 1.807) is 0 Å². The van der Waals surface area contributed by atoms with Crippen molar-refractivity contribution in [1.82, 2.24) is 0 Å². The monoisotopic (exact) mass is 498 g/mol. The average Bonchev–Trinajstić information content (AvgIpc) is 3.08. The lowest BCUT2D eigenvalue weighted by atomic mass is 9.44. The van der Waals surface area contributed by atoms with Gasteiger partial charge in [-0.25, -0.2) is 4.18 Å². The maximum absolute atomic E-state index is 12.2. The molecule has 0 heterocycles. The minimum Gasteiger partial charge on any atom is -0.393 e. The molecule has 0 bridgehead atoms. The van der Waals surface area contributed by atoms with Crippen LogP contribution < -0.4 is 0 Å². The van der Waals surface area contributed by atoms with Gasteiger partial charge in [0.1, 0.15) is 5.78 Å². The van der Waals surface area contributed by atoms with Crippen LogP contribution in [0.1, 0.15) is 98.8 Å². The Hall–Kier alpha value is -0.500. The molecule has 0 aliphatic heterocycles. The second-order valence-corrected chi connectivity index (χ2v) is 14.2. The van der Waals surface area contributed by atoms with Crippen LogP contribution in [0.15, 0.2) is 0 Å². The first-order valence-corrected chi connectivity index (χ1v) is 15.0. The van der Waals surface area contributed by atoms with Gasteiger partial charge in [-0.05, 0) is 104 Å². The van der Waals surface area contributed by atoms with E-state index in [1.165, 1.54) is 6.42 Å². The van der Waals surface area contributed by atoms with Crippen molar-refractivity contribution in [3.8, 4) is 0 Å². The van der Waals surface area contributed by atoms with Crippen molar-refractivity contribution in [2.45, 2.75) is 111 Å². The van der Waals surface area contributed by atoms with Gasteiger partial charge in [-0.15, -0.1) is 0 Å². The lowest BCUT2D eigenvalue weighted by Gasteiger charge is -2.62. The Labute approximate surface area is 206 Å². The number of aliphatic hydroxyl groups excluding tert-OH is 1. The van der Waals surface area contributed by atoms with Crippen LogP contribution in [0, 0.1) is 52.3 Å². The molecule has 0 radical (unpaired) electrons. The molecule has 0 spiro atoms. The lowest BCUT2D eigenvalue weighted by molar-refractivity contribution is -0.169. The highest BCUT2D eigenvalue weighted by Crippen LogP contribution is 2.68. The van der Waals surface area contributed by atoms with Gasteiger partial charge in [-0.1, -0.05) is 34.6 Å². The fourth-order valence-electron chi connectivity index (χ4n) is 9.27. The van der Waals surface area contributed by atoms with Crippen LogP contribution in [-0.2, 0) is 19.4 Å². The topological polar surface area (TPSA) is 101 Å². The molecule has 5 unspecified atom stereocenters. The van der Waals surface area contributed by atoms with E-state index in [2.05, 4.69) is 20.8 Å². The summed E-state index contributed by atoms with van der Waals surface area (Å²) in [4.78, 5) is 12.2. The van der Waals surface area contributed by atoms with Gasteiger partial charge >= 0.3 is 10.4 Å². The highest BCUT2D eigenvalue weighted by molar-refractivity contribution is 7.80. The Kier molecular flexibility index (Phi) is 7.36. The predicted molar refractivity (Wildman–Crippen MR) is 131 cm³/mol. The molecule has 4 aliphatic rings. The first kappa shape index (κ1) is 26.6. The summed E-state index contributed by atoms with van der Waals surface area (Å²) in [5.41, 5.74) is 0.368. The summed E-state index contributed by atoms with van der Waals surface area (Å²) in [6.07, 6.45) is 8.40. The van der Waals surface area contributed by atoms with Crippen LogP contribution in [-0.4, -0.2) is 36.1 Å². The molecule has 4 rings (SSSR count). The van der Waals surface area contributed by atoms with Crippen LogP contribution in [0.25, 0.3) is 0 Å². The van der Waals surface area contributed by atoms with Gasteiger partial charge in [0, 0.05) is 12.8 Å². The van der Waals surface area contributed by atoms with Gasteiger partial charge in [0.05, 0.1) is 12.2 Å². The van der Waals surface area contributed by atoms with Crippen LogP contribution >= 0.6 is 0 Å². The van der Waals surface area contributed by atoms with E-state index in [0.29, 0.717) is 60.6 Å². The SMILES string of the molecule is CC(C)[C@@H](CC[C@@H](C)C1CCC2C3C(O)C[C@H]4CC(=O)CC[C@]4(C)C3CC[C@@]21C)OS(=O)(=O)O. The van der Waals surface area contributed by atoms with Gasteiger partial charge in [0.2, 0.25) is 0 Å². The quantitative estimate of drug-likeness (QED) is 0.453. The third-order valence-corrected chi connectivity index (χ3v) is 11.6. The van der Waals surface area contributed by atoms with Crippen LogP contribution in [0.3, 0.4) is 0 Å². The van der Waals surface area contributed by atoms with Gasteiger partial charge in [-0.3, -0.25) is 9.35 Å². The van der Waals surface area contributed by atoms with E-state index in [9.17, 15) is 18.3 Å². The average molecular weight is 499 g/mol. The number of carbonyl (C=O) groups is 1. The zero-order valence-electron chi connectivity index (χ0n) is 21.7. The fraction of sp³-hybridized carbons (Fsp3) is 0.963. The summed E-state index contributed by atoms with van der Waals surface area (Å²) in [6, 6.07) is 0. The smallest absolute Gasteiger partial charge is 0.393 e. The highest BCUT2D eigenvalue weighted by atomic mass is 32.3. The third kappa shape index (κ3) is 4.76. The van der Waals surface area contributed by atoms with Gasteiger partial charge in [-0.2, -0.15) is 8.42 Å². The fourth-order valence-corrected chi connectivity index (χ4v) is 9.90. The van der Waals surface area contributed by atoms with Gasteiger partial charge in [0.15, 0.2) is 0 Å². The number of carbonyl (C=O) groups excluding carboxylic acids is 1. The van der Waals surface area contributed by atoms with E-state index in [1.807, 2.05) is 13.8 Å². The number of rotatable bonds is 7. The Bertz CT molecular complexity index is 870. The van der Waals surface area contributed by atoms with Crippen molar-refractivity contribution < 1.29 is 27.1 Å². The largest absolute Gasteiger partial charge is 0.397 e. The molecule has 10 atom stereocenters. The molecule has 0 aromatic carbocycles. The molecular formula is C27H46O6S. The second kappa shape index (κ2) is 9.42. The minimum absolute atomic E-state index is 0.00456. The molecule has 2 N–H and O–H groups in total. The van der Waals surface area contributed by atoms with Crippen molar-refractivity contribution in [3.05, 3.63) is 0 Å². The number of fused-ring (bicyclic) bond motifs is 5. The maximum atomic E-state index is 12.2. The van der Waals surface area contributed by atoms with E-state index in [-0.39, 0.29) is 22.9 Å². The zero-order valence-corrected chi connectivity index (χ0v) is 22.5. The van der Waals surface area contributed by atoms with E-state index >= 15 is 0 Å². The minimum atomic E-state index is -4.45. The number of ketones is 1. The van der Waals surface area contributed by atoms with Crippen molar-refractivity contribution in [2.24, 2.45) is 52.3 Å². The molecule has 0 amide bonds. The summed E-state index contributed by atoms with van der Waals surface area (Å²) in [5.74, 6) is 3.04. The molecule has 0 aromatic rings. The Morgan fingerprint density at radius 3 is 2.35 bits per heavy atom. The van der Waals surface area contributed by atoms with E-state index < -0.39 is 16.5 Å². The molecule has 0 aromatic heterocycles. The number of aliphatic hydroxyl groups is 1. The van der Waals surface area contributed by atoms with Crippen LogP contribution in [0.4, 0.5) is 0 Å². The highest BCUT2D eigenvalue weighted by Gasteiger charge is 2.62. The molecule has 0 saturated heterocycles. The summed E-state index contributed by atoms with van der Waals surface area (Å²) in [6.45, 7) is 11.0. The van der Waals surface area contributed by atoms with Crippen molar-refractivity contribution in [3.63, 3.8) is 0 Å². The summed E-state index contributed by atoms with van der Waals surface area (Å²) in [5, 5.41) is 11.4. The normalized spacial score (nSPS) is 44.3. The van der Waals surface area contributed by atoms with Crippen LogP contribution in [0.2, 0.25) is 0 Å². The maximum Gasteiger partial charge on any atom is 0.397 e. The van der Waals surface area contributed by atoms with Crippen LogP contribution in [0.5, 0.6) is 0 Å². The molecule has 4 fully saturated rings. The van der Waals surface area contributed by atoms with Crippen molar-refractivity contribution in [1.29, 1.82) is 0 Å². The molecule has 4 saturated carbocycles. The zero-order chi connectivity index (χ0) is 25.1. The summed E-state index contributed by atoms with van der Waals surface area (Å²) in [7, 11) is -4.45.